The minimum absolute atomic E-state index is 0.0381. The molecule has 0 spiro atoms. The lowest BCUT2D eigenvalue weighted by atomic mass is 10.1. The number of aromatic nitrogens is 1. The maximum absolute atomic E-state index is 13.1. The van der Waals surface area contributed by atoms with Crippen LogP contribution in [0.2, 0.25) is 5.02 Å². The lowest BCUT2D eigenvalue weighted by Crippen LogP contribution is -2.20. The molecule has 2 aromatic rings. The number of hydrogen-bond acceptors (Lipinski definition) is 3. The van der Waals surface area contributed by atoms with E-state index in [1.807, 2.05) is 6.92 Å². The standard InChI is InChI=1S/C15H14ClF3N2O2S/c1-9-8-21(5-6-23-2)14(24-9)20-13(22)11-7-10(16)3-4-12(11)15(17,18)19/h3-4,7-8H,5-6H2,1-2H3/b20-14-. The molecule has 0 radical (unpaired) electrons. The molecule has 9 heteroatoms. The number of hydrogen-bond donors (Lipinski definition) is 0. The third kappa shape index (κ3) is 4.46. The van der Waals surface area contributed by atoms with Gasteiger partial charge in [0.1, 0.15) is 0 Å². The van der Waals surface area contributed by atoms with Crippen molar-refractivity contribution in [3.05, 3.63) is 50.2 Å². The van der Waals surface area contributed by atoms with Gasteiger partial charge in [0.15, 0.2) is 4.80 Å². The molecular weight excluding hydrogens is 365 g/mol. The van der Waals surface area contributed by atoms with Crippen LogP contribution in [0.25, 0.3) is 0 Å². The molecule has 1 aromatic carbocycles. The third-order valence-electron chi connectivity index (χ3n) is 3.09. The van der Waals surface area contributed by atoms with Gasteiger partial charge in [-0.1, -0.05) is 11.6 Å². The highest BCUT2D eigenvalue weighted by Crippen LogP contribution is 2.33. The molecule has 0 saturated carbocycles. The van der Waals surface area contributed by atoms with Crippen LogP contribution in [0.1, 0.15) is 20.8 Å². The Labute approximate surface area is 145 Å². The Bertz CT molecular complexity index is 812. The number of methoxy groups -OCH3 is 1. The quantitative estimate of drug-likeness (QED) is 0.809. The molecule has 0 atom stereocenters. The van der Waals surface area contributed by atoms with Crippen molar-refractivity contribution in [3.63, 3.8) is 0 Å². The summed E-state index contributed by atoms with van der Waals surface area (Å²) in [5, 5.41) is 0.0381. The summed E-state index contributed by atoms with van der Waals surface area (Å²) in [6, 6.07) is 2.86. The number of carbonyl (C=O) groups is 1. The van der Waals surface area contributed by atoms with Crippen molar-refractivity contribution in [1.29, 1.82) is 0 Å². The molecule has 2 rings (SSSR count). The van der Waals surface area contributed by atoms with Gasteiger partial charge >= 0.3 is 6.18 Å². The second-order valence-corrected chi connectivity index (χ2v) is 6.56. The van der Waals surface area contributed by atoms with Gasteiger partial charge in [-0.15, -0.1) is 11.3 Å². The van der Waals surface area contributed by atoms with Gasteiger partial charge in [0.2, 0.25) is 0 Å². The van der Waals surface area contributed by atoms with E-state index in [-0.39, 0.29) is 5.02 Å². The first-order chi connectivity index (χ1) is 11.2. The highest BCUT2D eigenvalue weighted by atomic mass is 35.5. The average molecular weight is 379 g/mol. The van der Waals surface area contributed by atoms with Crippen molar-refractivity contribution in [2.75, 3.05) is 13.7 Å². The Kier molecular flexibility index (Phi) is 5.84. The summed E-state index contributed by atoms with van der Waals surface area (Å²) in [5.74, 6) is -0.988. The highest BCUT2D eigenvalue weighted by Gasteiger charge is 2.35. The number of ether oxygens (including phenoxy) is 1. The summed E-state index contributed by atoms with van der Waals surface area (Å²) in [6.07, 6.45) is -2.90. The van der Waals surface area contributed by atoms with E-state index in [0.29, 0.717) is 18.0 Å². The molecule has 24 heavy (non-hydrogen) atoms. The molecule has 0 aliphatic heterocycles. The van der Waals surface area contributed by atoms with Gasteiger partial charge in [-0.05, 0) is 25.1 Å². The van der Waals surface area contributed by atoms with Gasteiger partial charge in [0.25, 0.3) is 5.91 Å². The number of amides is 1. The number of rotatable bonds is 4. The minimum atomic E-state index is -4.66. The largest absolute Gasteiger partial charge is 0.417 e. The van der Waals surface area contributed by atoms with Crippen LogP contribution in [0, 0.1) is 6.92 Å². The number of thiazole rings is 1. The van der Waals surface area contributed by atoms with Gasteiger partial charge < -0.3 is 9.30 Å². The molecule has 0 bridgehead atoms. The minimum Gasteiger partial charge on any atom is -0.383 e. The van der Waals surface area contributed by atoms with Gasteiger partial charge in [-0.2, -0.15) is 18.2 Å². The predicted molar refractivity (Wildman–Crippen MR) is 85.3 cm³/mol. The Balaban J connectivity index is 2.49. The second kappa shape index (κ2) is 7.50. The number of carbonyl (C=O) groups excluding carboxylic acids is 1. The zero-order valence-electron chi connectivity index (χ0n) is 12.9. The summed E-state index contributed by atoms with van der Waals surface area (Å²) in [4.78, 5) is 17.3. The molecule has 1 aromatic heterocycles. The normalized spacial score (nSPS) is 12.7. The average Bonchev–Trinajstić information content (AvgIpc) is 2.83. The van der Waals surface area contributed by atoms with Crippen LogP contribution < -0.4 is 4.80 Å². The van der Waals surface area contributed by atoms with E-state index in [2.05, 4.69) is 4.99 Å². The van der Waals surface area contributed by atoms with Crippen molar-refractivity contribution in [3.8, 4) is 0 Å². The maximum Gasteiger partial charge on any atom is 0.417 e. The van der Waals surface area contributed by atoms with Crippen LogP contribution in [0.4, 0.5) is 13.2 Å². The van der Waals surface area contributed by atoms with Crippen LogP contribution >= 0.6 is 22.9 Å². The first-order valence-electron chi connectivity index (χ1n) is 6.84. The van der Waals surface area contributed by atoms with Crippen molar-refractivity contribution < 1.29 is 22.7 Å². The van der Waals surface area contributed by atoms with Crippen molar-refractivity contribution >= 4 is 28.8 Å². The van der Waals surface area contributed by atoms with E-state index in [1.54, 1.807) is 10.8 Å². The van der Waals surface area contributed by atoms with Gasteiger partial charge in [-0.3, -0.25) is 4.79 Å². The summed E-state index contributed by atoms with van der Waals surface area (Å²) in [6.45, 7) is 2.65. The van der Waals surface area contributed by atoms with E-state index < -0.39 is 23.2 Å². The van der Waals surface area contributed by atoms with E-state index in [9.17, 15) is 18.0 Å². The molecule has 1 amide bonds. The number of aryl methyl sites for hydroxylation is 1. The smallest absolute Gasteiger partial charge is 0.383 e. The van der Waals surface area contributed by atoms with Crippen LogP contribution in [-0.2, 0) is 17.5 Å². The van der Waals surface area contributed by atoms with Crippen molar-refractivity contribution in [1.82, 2.24) is 4.57 Å². The number of halogens is 4. The summed E-state index contributed by atoms with van der Waals surface area (Å²) in [5.41, 5.74) is -1.63. The molecular formula is C15H14ClF3N2O2S. The van der Waals surface area contributed by atoms with Crippen LogP contribution in [-0.4, -0.2) is 24.2 Å². The summed E-state index contributed by atoms with van der Waals surface area (Å²) >= 11 is 6.95. The van der Waals surface area contributed by atoms with E-state index >= 15 is 0 Å². The van der Waals surface area contributed by atoms with Gasteiger partial charge in [-0.25, -0.2) is 0 Å². The summed E-state index contributed by atoms with van der Waals surface area (Å²) in [7, 11) is 1.53. The fraction of sp³-hybridized carbons (Fsp3) is 0.333. The SMILES string of the molecule is COCCn1cc(C)s/c1=N\C(=O)c1cc(Cl)ccc1C(F)(F)F. The second-order valence-electron chi connectivity index (χ2n) is 4.92. The molecule has 0 fully saturated rings. The van der Waals surface area contributed by atoms with Crippen molar-refractivity contribution in [2.45, 2.75) is 19.6 Å². The summed E-state index contributed by atoms with van der Waals surface area (Å²) < 4.78 is 45.9. The third-order valence-corrected chi connectivity index (χ3v) is 4.26. The molecule has 1 heterocycles. The van der Waals surface area contributed by atoms with E-state index in [4.69, 9.17) is 16.3 Å². The van der Waals surface area contributed by atoms with Crippen molar-refractivity contribution in [2.24, 2.45) is 4.99 Å². The zero-order valence-corrected chi connectivity index (χ0v) is 14.4. The molecule has 130 valence electrons. The molecule has 0 aliphatic carbocycles. The zero-order chi connectivity index (χ0) is 17.9. The topological polar surface area (TPSA) is 43.6 Å². The van der Waals surface area contributed by atoms with E-state index in [0.717, 1.165) is 23.1 Å². The predicted octanol–water partition coefficient (Wildman–Crippen LogP) is 3.92. The fourth-order valence-electron chi connectivity index (χ4n) is 2.03. The molecule has 0 unspecified atom stereocenters. The Hall–Kier alpha value is -1.64. The van der Waals surface area contributed by atoms with Gasteiger partial charge in [0, 0.05) is 29.8 Å². The van der Waals surface area contributed by atoms with Gasteiger partial charge in [0.05, 0.1) is 17.7 Å². The molecule has 0 aliphatic rings. The number of benzene rings is 1. The lowest BCUT2D eigenvalue weighted by molar-refractivity contribution is -0.137. The maximum atomic E-state index is 13.1. The van der Waals surface area contributed by atoms with Crippen LogP contribution in [0.5, 0.6) is 0 Å². The molecule has 0 saturated heterocycles. The number of alkyl halides is 3. The first kappa shape index (κ1) is 18.7. The lowest BCUT2D eigenvalue weighted by Gasteiger charge is -2.10. The first-order valence-corrected chi connectivity index (χ1v) is 8.03. The van der Waals surface area contributed by atoms with Crippen LogP contribution in [0.15, 0.2) is 29.4 Å². The molecule has 0 N–H and O–H groups in total. The Morgan fingerprint density at radius 1 is 1.42 bits per heavy atom. The molecule has 4 nitrogen and oxygen atoms in total. The fourth-order valence-corrected chi connectivity index (χ4v) is 3.06. The Morgan fingerprint density at radius 3 is 2.75 bits per heavy atom. The Morgan fingerprint density at radius 2 is 2.12 bits per heavy atom. The monoisotopic (exact) mass is 378 g/mol. The number of nitrogens with zero attached hydrogens (tertiary/aromatic N) is 2. The van der Waals surface area contributed by atoms with Crippen LogP contribution in [0.3, 0.4) is 0 Å². The van der Waals surface area contributed by atoms with E-state index in [1.165, 1.54) is 18.4 Å². The highest BCUT2D eigenvalue weighted by molar-refractivity contribution is 7.09.